The first kappa shape index (κ1) is 23.4. The minimum Gasteiger partial charge on any atom is -0.0991 e. The number of rotatable bonds is 9. The SMILES string of the molecule is C=C/C=C\C(=C/CC(/C=C\C(=C)C1=C(C)CCC=C1)=C/C(C)C)c1ccccc1C. The number of allylic oxidation sites excluding steroid dienone is 14. The molecule has 1 aromatic rings. The molecule has 0 aliphatic heterocycles. The molecular formula is C30H36. The third-order valence-corrected chi connectivity index (χ3v) is 5.25. The lowest BCUT2D eigenvalue weighted by atomic mass is 9.93. The Labute approximate surface area is 184 Å². The van der Waals surface area contributed by atoms with Gasteiger partial charge < -0.3 is 0 Å². The van der Waals surface area contributed by atoms with Crippen molar-refractivity contribution in [3.05, 3.63) is 126 Å². The van der Waals surface area contributed by atoms with E-state index in [0.717, 1.165) is 24.8 Å². The molecule has 2 rings (SSSR count). The maximum absolute atomic E-state index is 4.31. The van der Waals surface area contributed by atoms with Gasteiger partial charge in [0.2, 0.25) is 0 Å². The molecule has 1 aliphatic rings. The Morgan fingerprint density at radius 1 is 1.10 bits per heavy atom. The molecule has 0 unspecified atom stereocenters. The Morgan fingerprint density at radius 3 is 2.53 bits per heavy atom. The van der Waals surface area contributed by atoms with Gasteiger partial charge in [0.15, 0.2) is 0 Å². The average Bonchev–Trinajstić information content (AvgIpc) is 2.72. The van der Waals surface area contributed by atoms with Crippen molar-refractivity contribution in [3.8, 4) is 0 Å². The minimum atomic E-state index is 0.493. The van der Waals surface area contributed by atoms with Crippen LogP contribution in [0.5, 0.6) is 0 Å². The molecule has 156 valence electrons. The summed E-state index contributed by atoms with van der Waals surface area (Å²) in [5.41, 5.74) is 8.88. The number of hydrogen-bond donors (Lipinski definition) is 0. The van der Waals surface area contributed by atoms with Crippen molar-refractivity contribution in [1.29, 1.82) is 0 Å². The van der Waals surface area contributed by atoms with Gasteiger partial charge in [-0.1, -0.05) is 112 Å². The summed E-state index contributed by atoms with van der Waals surface area (Å²) in [4.78, 5) is 0. The predicted molar refractivity (Wildman–Crippen MR) is 135 cm³/mol. The molecule has 30 heavy (non-hydrogen) atoms. The number of hydrogen-bond acceptors (Lipinski definition) is 0. The molecule has 0 saturated heterocycles. The molecule has 0 heterocycles. The Morgan fingerprint density at radius 2 is 1.87 bits per heavy atom. The first-order valence-electron chi connectivity index (χ1n) is 10.9. The van der Waals surface area contributed by atoms with Crippen LogP contribution in [0, 0.1) is 12.8 Å². The predicted octanol–water partition coefficient (Wildman–Crippen LogP) is 8.87. The monoisotopic (exact) mass is 396 g/mol. The van der Waals surface area contributed by atoms with E-state index in [1.807, 2.05) is 12.2 Å². The molecule has 0 aromatic heterocycles. The van der Waals surface area contributed by atoms with Crippen molar-refractivity contribution in [2.24, 2.45) is 5.92 Å². The van der Waals surface area contributed by atoms with E-state index in [-0.39, 0.29) is 0 Å². The zero-order chi connectivity index (χ0) is 21.9. The molecule has 0 saturated carbocycles. The topological polar surface area (TPSA) is 0 Å². The van der Waals surface area contributed by atoms with Crippen LogP contribution >= 0.6 is 0 Å². The molecule has 0 N–H and O–H groups in total. The Kier molecular flexibility index (Phi) is 9.35. The van der Waals surface area contributed by atoms with E-state index >= 15 is 0 Å². The van der Waals surface area contributed by atoms with E-state index in [1.54, 1.807) is 0 Å². The van der Waals surface area contributed by atoms with Gasteiger partial charge in [-0.3, -0.25) is 0 Å². The highest BCUT2D eigenvalue weighted by molar-refractivity contribution is 5.76. The third-order valence-electron chi connectivity index (χ3n) is 5.25. The summed E-state index contributed by atoms with van der Waals surface area (Å²) in [5.74, 6) is 0.493. The summed E-state index contributed by atoms with van der Waals surface area (Å²) in [5, 5.41) is 0. The first-order valence-corrected chi connectivity index (χ1v) is 10.9. The van der Waals surface area contributed by atoms with Gasteiger partial charge >= 0.3 is 0 Å². The lowest BCUT2D eigenvalue weighted by molar-refractivity contribution is 0.822. The minimum absolute atomic E-state index is 0.493. The summed E-state index contributed by atoms with van der Waals surface area (Å²) < 4.78 is 0. The van der Waals surface area contributed by atoms with E-state index in [9.17, 15) is 0 Å². The fourth-order valence-electron chi connectivity index (χ4n) is 3.64. The maximum atomic E-state index is 4.31. The van der Waals surface area contributed by atoms with Crippen molar-refractivity contribution in [2.75, 3.05) is 0 Å². The average molecular weight is 397 g/mol. The highest BCUT2D eigenvalue weighted by Gasteiger charge is 2.06. The van der Waals surface area contributed by atoms with Crippen LogP contribution < -0.4 is 0 Å². The van der Waals surface area contributed by atoms with Gasteiger partial charge in [0.1, 0.15) is 0 Å². The molecule has 0 atom stereocenters. The molecule has 1 aromatic carbocycles. The highest BCUT2D eigenvalue weighted by atomic mass is 14.1. The quantitative estimate of drug-likeness (QED) is 0.366. The fourth-order valence-corrected chi connectivity index (χ4v) is 3.64. The summed E-state index contributed by atoms with van der Waals surface area (Å²) in [6.45, 7) is 17.0. The Balaban J connectivity index is 2.29. The van der Waals surface area contributed by atoms with Crippen LogP contribution in [-0.4, -0.2) is 0 Å². The van der Waals surface area contributed by atoms with E-state index in [0.29, 0.717) is 5.92 Å². The number of benzene rings is 1. The molecule has 0 amide bonds. The zero-order valence-electron chi connectivity index (χ0n) is 19.1. The third kappa shape index (κ3) is 7.19. The lowest BCUT2D eigenvalue weighted by Crippen LogP contribution is -1.93. The standard InChI is InChI=1S/C30H36/c1-7-8-15-28(30-17-12-10-14-25(30)5)21-20-27(22-23(2)3)19-18-26(6)29-16-11-9-13-24(29)4/h7-8,10-12,14-19,21-23H,1,6,9,13,20H2,2-5H3/b15-8-,19-18-,27-22+,28-21+. The van der Waals surface area contributed by atoms with Gasteiger partial charge in [-0.05, 0) is 72.4 Å². The summed E-state index contributed by atoms with van der Waals surface area (Å²) in [6, 6.07) is 8.53. The van der Waals surface area contributed by atoms with E-state index in [2.05, 4.69) is 108 Å². The van der Waals surface area contributed by atoms with E-state index < -0.39 is 0 Å². The zero-order valence-corrected chi connectivity index (χ0v) is 19.1. The smallest absolute Gasteiger partial charge is 0.00913 e. The van der Waals surface area contributed by atoms with Crippen LogP contribution in [0.3, 0.4) is 0 Å². The van der Waals surface area contributed by atoms with Crippen molar-refractivity contribution < 1.29 is 0 Å². The van der Waals surface area contributed by atoms with Gasteiger partial charge in [0, 0.05) is 0 Å². The van der Waals surface area contributed by atoms with Crippen molar-refractivity contribution >= 4 is 5.57 Å². The molecule has 0 radical (unpaired) electrons. The van der Waals surface area contributed by atoms with Crippen LogP contribution in [0.2, 0.25) is 0 Å². The molecule has 0 fully saturated rings. The van der Waals surface area contributed by atoms with Crippen molar-refractivity contribution in [2.45, 2.75) is 47.0 Å². The van der Waals surface area contributed by atoms with Gasteiger partial charge in [-0.2, -0.15) is 0 Å². The molecular weight excluding hydrogens is 360 g/mol. The highest BCUT2D eigenvalue weighted by Crippen LogP contribution is 2.26. The largest absolute Gasteiger partial charge is 0.0991 e. The number of aryl methyl sites for hydroxylation is 1. The normalized spacial score (nSPS) is 15.6. The van der Waals surface area contributed by atoms with Crippen molar-refractivity contribution in [3.63, 3.8) is 0 Å². The van der Waals surface area contributed by atoms with Crippen LogP contribution in [0.25, 0.3) is 5.57 Å². The molecule has 0 nitrogen and oxygen atoms in total. The van der Waals surface area contributed by atoms with E-state index in [4.69, 9.17) is 0 Å². The molecule has 1 aliphatic carbocycles. The van der Waals surface area contributed by atoms with Crippen molar-refractivity contribution in [1.82, 2.24) is 0 Å². The van der Waals surface area contributed by atoms with E-state index in [1.165, 1.54) is 33.4 Å². The van der Waals surface area contributed by atoms with Gasteiger partial charge in [0.05, 0.1) is 0 Å². The lowest BCUT2D eigenvalue weighted by Gasteiger charge is -2.13. The van der Waals surface area contributed by atoms with Gasteiger partial charge in [-0.25, -0.2) is 0 Å². The summed E-state index contributed by atoms with van der Waals surface area (Å²) >= 11 is 0. The molecule has 0 bridgehead atoms. The summed E-state index contributed by atoms with van der Waals surface area (Å²) in [6.07, 6.45) is 22.6. The Bertz CT molecular complexity index is 936. The van der Waals surface area contributed by atoms with Crippen LogP contribution in [0.1, 0.15) is 51.2 Å². The van der Waals surface area contributed by atoms with Crippen LogP contribution in [0.15, 0.2) is 114 Å². The second-order valence-corrected chi connectivity index (χ2v) is 8.25. The van der Waals surface area contributed by atoms with Gasteiger partial charge in [-0.15, -0.1) is 0 Å². The maximum Gasteiger partial charge on any atom is -0.00913 e. The first-order chi connectivity index (χ1) is 14.4. The van der Waals surface area contributed by atoms with Crippen LogP contribution in [-0.2, 0) is 0 Å². The molecule has 0 heteroatoms. The fraction of sp³-hybridized carbons (Fsp3) is 0.267. The van der Waals surface area contributed by atoms with Gasteiger partial charge in [0.25, 0.3) is 0 Å². The van der Waals surface area contributed by atoms with Crippen LogP contribution in [0.4, 0.5) is 0 Å². The second kappa shape index (κ2) is 12.0. The molecule has 0 spiro atoms. The Hall–Kier alpha value is -2.86. The second-order valence-electron chi connectivity index (χ2n) is 8.25. The summed E-state index contributed by atoms with van der Waals surface area (Å²) in [7, 11) is 0.